The van der Waals surface area contributed by atoms with Crippen LogP contribution in [0, 0.1) is 16.2 Å². The van der Waals surface area contributed by atoms with Crippen LogP contribution in [0.2, 0.25) is 0 Å². The molecule has 0 amide bonds. The van der Waals surface area contributed by atoms with Gasteiger partial charge in [-0.3, -0.25) is 4.68 Å². The molecule has 1 N–H and O–H groups in total. The zero-order chi connectivity index (χ0) is 18.8. The smallest absolute Gasteiger partial charge is 0.0705 e. The maximum Gasteiger partial charge on any atom is 0.0705 e. The van der Waals surface area contributed by atoms with E-state index in [0.29, 0.717) is 17.4 Å². The Hall–Kier alpha value is -0.870. The van der Waals surface area contributed by atoms with Crippen LogP contribution < -0.4 is 0 Å². The fraction of sp³-hybridized carbons (Fsp3) is 0.857. The first-order chi connectivity index (χ1) is 11.7. The van der Waals surface area contributed by atoms with Crippen LogP contribution in [-0.2, 0) is 11.3 Å². The van der Waals surface area contributed by atoms with Crippen LogP contribution >= 0.6 is 0 Å². The number of hydrogen-bond donors (Lipinski definition) is 1. The number of rotatable bonds is 5. The van der Waals surface area contributed by atoms with Gasteiger partial charge in [0.15, 0.2) is 0 Å². The lowest BCUT2D eigenvalue weighted by atomic mass is 9.48. The molecule has 3 rings (SSSR count). The third-order valence-electron chi connectivity index (χ3n) is 5.66. The third-order valence-corrected chi connectivity index (χ3v) is 5.66. The molecule has 2 aliphatic rings. The van der Waals surface area contributed by atoms with Crippen LogP contribution in [0.1, 0.15) is 73.6 Å². The van der Waals surface area contributed by atoms with E-state index in [4.69, 9.17) is 4.74 Å². The Bertz CT molecular complexity index is 538. The van der Waals surface area contributed by atoms with E-state index >= 15 is 0 Å². The second kappa shape index (κ2) is 7.40. The molecule has 2 saturated carbocycles. The molecule has 3 unspecified atom stereocenters. The summed E-state index contributed by atoms with van der Waals surface area (Å²) in [5.74, 6) is 0. The van der Waals surface area contributed by atoms with E-state index in [1.54, 1.807) is 0 Å². The van der Waals surface area contributed by atoms with E-state index in [1.807, 2.05) is 26.1 Å². The summed E-state index contributed by atoms with van der Waals surface area (Å²) in [6, 6.07) is 2.00. The van der Waals surface area contributed by atoms with Gasteiger partial charge in [-0.15, -0.1) is 0 Å². The first-order valence-electron chi connectivity index (χ1n) is 9.90. The number of fused-ring (bicyclic) bond motifs is 2. The van der Waals surface area contributed by atoms with Crippen LogP contribution in [0.25, 0.3) is 0 Å². The molecular weight excluding hydrogens is 312 g/mol. The molecule has 0 aromatic carbocycles. The first kappa shape index (κ1) is 20.4. The van der Waals surface area contributed by atoms with Crippen LogP contribution in [0.4, 0.5) is 0 Å². The summed E-state index contributed by atoms with van der Waals surface area (Å²) in [7, 11) is 0. The standard InChI is InChI=1S/C19H32N2O2.C2H6/c1-16(2)10-17(3)12-18(4,15-21-7-5-6-20-21)14-19(11-16,13-17)23-9-8-22;1-2/h5-7,22H,8-15H2,1-4H3;1-2H3. The minimum atomic E-state index is -0.0978. The summed E-state index contributed by atoms with van der Waals surface area (Å²) >= 11 is 0. The third kappa shape index (κ3) is 4.85. The van der Waals surface area contributed by atoms with Gasteiger partial charge >= 0.3 is 0 Å². The summed E-state index contributed by atoms with van der Waals surface area (Å²) in [5.41, 5.74) is 0.692. The van der Waals surface area contributed by atoms with Crippen LogP contribution in [-0.4, -0.2) is 33.7 Å². The van der Waals surface area contributed by atoms with Gasteiger partial charge in [0.05, 0.1) is 18.8 Å². The maximum absolute atomic E-state index is 9.28. The van der Waals surface area contributed by atoms with Gasteiger partial charge in [0.2, 0.25) is 0 Å². The number of nitrogens with zero attached hydrogens (tertiary/aromatic N) is 2. The van der Waals surface area contributed by atoms with Crippen molar-refractivity contribution in [1.82, 2.24) is 9.78 Å². The van der Waals surface area contributed by atoms with Gasteiger partial charge in [0.1, 0.15) is 0 Å². The molecule has 1 aromatic rings. The Morgan fingerprint density at radius 3 is 2.36 bits per heavy atom. The van der Waals surface area contributed by atoms with Crippen molar-refractivity contribution in [1.29, 1.82) is 0 Å². The second-order valence-electron chi connectivity index (χ2n) is 9.63. The van der Waals surface area contributed by atoms with E-state index in [9.17, 15) is 5.11 Å². The van der Waals surface area contributed by atoms with Gasteiger partial charge in [0.25, 0.3) is 0 Å². The number of aromatic nitrogens is 2. The molecule has 2 bridgehead atoms. The highest BCUT2D eigenvalue weighted by Gasteiger charge is 2.57. The topological polar surface area (TPSA) is 47.3 Å². The number of aliphatic hydroxyl groups excluding tert-OH is 1. The zero-order valence-electron chi connectivity index (χ0n) is 17.1. The van der Waals surface area contributed by atoms with Crippen molar-refractivity contribution in [3.63, 3.8) is 0 Å². The van der Waals surface area contributed by atoms with Crippen LogP contribution in [0.15, 0.2) is 18.5 Å². The van der Waals surface area contributed by atoms with Gasteiger partial charge in [0, 0.05) is 18.9 Å². The van der Waals surface area contributed by atoms with Gasteiger partial charge in [-0.2, -0.15) is 5.10 Å². The summed E-state index contributed by atoms with van der Waals surface area (Å²) in [5, 5.41) is 13.7. The van der Waals surface area contributed by atoms with Crippen LogP contribution in [0.3, 0.4) is 0 Å². The molecule has 0 radical (unpaired) electrons. The molecule has 1 aromatic heterocycles. The van der Waals surface area contributed by atoms with E-state index in [-0.39, 0.29) is 17.6 Å². The average Bonchev–Trinajstić information content (AvgIpc) is 2.95. The molecule has 1 heterocycles. The van der Waals surface area contributed by atoms with E-state index in [0.717, 1.165) is 25.8 Å². The number of aliphatic hydroxyl groups is 1. The molecule has 4 heteroatoms. The van der Waals surface area contributed by atoms with Gasteiger partial charge in [-0.1, -0.05) is 41.5 Å². The van der Waals surface area contributed by atoms with E-state index < -0.39 is 0 Å². The molecule has 4 nitrogen and oxygen atoms in total. The fourth-order valence-corrected chi connectivity index (χ4v) is 6.43. The quantitative estimate of drug-likeness (QED) is 0.839. The van der Waals surface area contributed by atoms with Gasteiger partial charge in [-0.25, -0.2) is 0 Å². The lowest BCUT2D eigenvalue weighted by Crippen LogP contribution is -2.57. The highest BCUT2D eigenvalue weighted by atomic mass is 16.5. The molecular formula is C21H38N2O2. The summed E-state index contributed by atoms with van der Waals surface area (Å²) < 4.78 is 8.39. The predicted octanol–water partition coefficient (Wildman–Crippen LogP) is 4.67. The van der Waals surface area contributed by atoms with Crippen molar-refractivity contribution in [2.75, 3.05) is 13.2 Å². The van der Waals surface area contributed by atoms with Gasteiger partial charge in [-0.05, 0) is 54.4 Å². The first-order valence-corrected chi connectivity index (χ1v) is 9.90. The molecule has 2 fully saturated rings. The van der Waals surface area contributed by atoms with Crippen molar-refractivity contribution >= 4 is 0 Å². The molecule has 25 heavy (non-hydrogen) atoms. The fourth-order valence-electron chi connectivity index (χ4n) is 6.43. The molecule has 0 aliphatic heterocycles. The lowest BCUT2D eigenvalue weighted by molar-refractivity contribution is -0.196. The Morgan fingerprint density at radius 1 is 1.04 bits per heavy atom. The summed E-state index contributed by atoms with van der Waals surface area (Å²) in [6.07, 6.45) is 9.65. The minimum Gasteiger partial charge on any atom is -0.394 e. The summed E-state index contributed by atoms with van der Waals surface area (Å²) in [4.78, 5) is 0. The van der Waals surface area contributed by atoms with Crippen molar-refractivity contribution in [3.05, 3.63) is 18.5 Å². The molecule has 2 aliphatic carbocycles. The van der Waals surface area contributed by atoms with Crippen molar-refractivity contribution in [3.8, 4) is 0 Å². The Kier molecular flexibility index (Phi) is 6.05. The largest absolute Gasteiger partial charge is 0.394 e. The molecule has 0 saturated heterocycles. The second-order valence-corrected chi connectivity index (χ2v) is 9.63. The van der Waals surface area contributed by atoms with E-state index in [2.05, 4.69) is 43.7 Å². The normalized spacial score (nSPS) is 36.4. The highest BCUT2D eigenvalue weighted by Crippen LogP contribution is 2.63. The minimum absolute atomic E-state index is 0.0978. The van der Waals surface area contributed by atoms with E-state index in [1.165, 1.54) is 12.8 Å². The molecule has 144 valence electrons. The monoisotopic (exact) mass is 350 g/mol. The molecule has 0 spiro atoms. The average molecular weight is 351 g/mol. The maximum atomic E-state index is 9.28. The summed E-state index contributed by atoms with van der Waals surface area (Å²) in [6.45, 7) is 15.1. The van der Waals surface area contributed by atoms with Gasteiger partial charge < -0.3 is 9.84 Å². The Labute approximate surface area is 154 Å². The predicted molar refractivity (Wildman–Crippen MR) is 102 cm³/mol. The Morgan fingerprint density at radius 2 is 1.76 bits per heavy atom. The lowest BCUT2D eigenvalue weighted by Gasteiger charge is -2.61. The molecule has 3 atom stereocenters. The van der Waals surface area contributed by atoms with Crippen molar-refractivity contribution in [2.24, 2.45) is 16.2 Å². The van der Waals surface area contributed by atoms with Crippen molar-refractivity contribution in [2.45, 2.75) is 85.8 Å². The number of hydrogen-bond acceptors (Lipinski definition) is 3. The van der Waals surface area contributed by atoms with Crippen LogP contribution in [0.5, 0.6) is 0 Å². The SMILES string of the molecule is CC.CC1(C)CC2(C)CC(C)(Cn3cccn3)CC(OCCO)(C1)C2. The zero-order valence-corrected chi connectivity index (χ0v) is 17.1. The number of ether oxygens (including phenoxy) is 1. The highest BCUT2D eigenvalue weighted by molar-refractivity contribution is 5.08. The Balaban J connectivity index is 0.00000109. The van der Waals surface area contributed by atoms with Crippen molar-refractivity contribution < 1.29 is 9.84 Å².